The molecule has 5 rings (SSSR count). The molecule has 0 amide bonds. The second-order valence-electron chi connectivity index (χ2n) is 7.47. The Hall–Kier alpha value is -2.93. The molecule has 0 saturated carbocycles. The first-order valence-electron chi connectivity index (χ1n) is 9.15. The van der Waals surface area contributed by atoms with Crippen LogP contribution in [0.5, 0.6) is 23.0 Å². The molecular weight excluding hydrogens is 364 g/mol. The summed E-state index contributed by atoms with van der Waals surface area (Å²) in [7, 11) is 1.49. The lowest BCUT2D eigenvalue weighted by atomic mass is 9.66. The Bertz CT molecular complexity index is 983. The van der Waals surface area contributed by atoms with E-state index < -0.39 is 12.0 Å². The zero-order chi connectivity index (χ0) is 19.6. The number of aryl methyl sites for hydroxylation is 1. The average molecular weight is 384 g/mol. The Kier molecular flexibility index (Phi) is 3.71. The number of benzene rings is 2. The number of hydrogen-bond donors (Lipinski definition) is 2. The molecule has 1 fully saturated rings. The summed E-state index contributed by atoms with van der Waals surface area (Å²) >= 11 is 0. The van der Waals surface area contributed by atoms with Gasteiger partial charge in [-0.15, -0.1) is 0 Å². The number of fused-ring (bicyclic) bond motifs is 3. The number of cyclic esters (lactones) is 1. The number of phenols is 1. The van der Waals surface area contributed by atoms with E-state index in [0.29, 0.717) is 28.4 Å². The fourth-order valence-corrected chi connectivity index (χ4v) is 4.64. The first kappa shape index (κ1) is 17.2. The zero-order valence-corrected chi connectivity index (χ0v) is 15.5. The van der Waals surface area contributed by atoms with Crippen molar-refractivity contribution in [2.24, 2.45) is 11.8 Å². The first-order chi connectivity index (χ1) is 13.5. The summed E-state index contributed by atoms with van der Waals surface area (Å²) in [5.74, 6) is -0.00187. The second kappa shape index (κ2) is 6.04. The molecule has 0 radical (unpaired) electrons. The predicted octanol–water partition coefficient (Wildman–Crippen LogP) is 2.41. The minimum Gasteiger partial charge on any atom is -0.504 e. The molecule has 0 bridgehead atoms. The molecule has 146 valence electrons. The van der Waals surface area contributed by atoms with E-state index in [2.05, 4.69) is 0 Å². The fraction of sp³-hybridized carbons (Fsp3) is 0.381. The Labute approximate surface area is 161 Å². The number of esters is 1. The zero-order valence-electron chi connectivity index (χ0n) is 15.5. The molecule has 2 aromatic carbocycles. The van der Waals surface area contributed by atoms with E-state index in [1.54, 1.807) is 19.1 Å². The van der Waals surface area contributed by atoms with E-state index >= 15 is 0 Å². The molecule has 7 nitrogen and oxygen atoms in total. The Morgan fingerprint density at radius 2 is 1.79 bits per heavy atom. The topological polar surface area (TPSA) is 94.5 Å². The quantitative estimate of drug-likeness (QED) is 0.768. The normalized spacial score (nSPS) is 27.2. The number of methoxy groups -OCH3 is 1. The number of aliphatic hydroxyl groups is 1. The van der Waals surface area contributed by atoms with Crippen molar-refractivity contribution in [3.05, 3.63) is 46.5 Å². The van der Waals surface area contributed by atoms with Gasteiger partial charge in [-0.3, -0.25) is 4.79 Å². The highest BCUT2D eigenvalue weighted by Gasteiger charge is 2.52. The van der Waals surface area contributed by atoms with Crippen LogP contribution >= 0.6 is 0 Å². The Morgan fingerprint density at radius 3 is 2.50 bits per heavy atom. The van der Waals surface area contributed by atoms with Crippen LogP contribution < -0.4 is 14.2 Å². The van der Waals surface area contributed by atoms with Gasteiger partial charge in [-0.1, -0.05) is 6.07 Å². The Balaban J connectivity index is 1.75. The summed E-state index contributed by atoms with van der Waals surface area (Å²) in [6.45, 7) is 2.08. The highest BCUT2D eigenvalue weighted by Crippen LogP contribution is 2.54. The van der Waals surface area contributed by atoms with E-state index in [4.69, 9.17) is 18.9 Å². The van der Waals surface area contributed by atoms with Gasteiger partial charge in [0.2, 0.25) is 6.79 Å². The Morgan fingerprint density at radius 1 is 1.07 bits per heavy atom. The van der Waals surface area contributed by atoms with Gasteiger partial charge in [0.1, 0.15) is 0 Å². The van der Waals surface area contributed by atoms with Crippen molar-refractivity contribution in [3.8, 4) is 23.0 Å². The lowest BCUT2D eigenvalue weighted by molar-refractivity contribution is -0.141. The maximum atomic E-state index is 12.6. The van der Waals surface area contributed by atoms with Gasteiger partial charge in [0.05, 0.1) is 25.7 Å². The summed E-state index contributed by atoms with van der Waals surface area (Å²) in [5.41, 5.74) is 2.96. The van der Waals surface area contributed by atoms with E-state index in [1.807, 2.05) is 12.1 Å². The third-order valence-corrected chi connectivity index (χ3v) is 6.01. The second-order valence-corrected chi connectivity index (χ2v) is 7.47. The predicted molar refractivity (Wildman–Crippen MR) is 96.7 cm³/mol. The molecule has 1 aliphatic carbocycles. The third kappa shape index (κ3) is 2.29. The van der Waals surface area contributed by atoms with Gasteiger partial charge in [0.15, 0.2) is 23.0 Å². The molecule has 28 heavy (non-hydrogen) atoms. The van der Waals surface area contributed by atoms with Gasteiger partial charge in [0.25, 0.3) is 0 Å². The van der Waals surface area contributed by atoms with Gasteiger partial charge >= 0.3 is 5.97 Å². The average Bonchev–Trinajstić information content (AvgIpc) is 3.30. The van der Waals surface area contributed by atoms with Crippen molar-refractivity contribution in [2.75, 3.05) is 20.5 Å². The highest BCUT2D eigenvalue weighted by molar-refractivity contribution is 5.78. The van der Waals surface area contributed by atoms with Crippen LogP contribution in [0.1, 0.15) is 34.3 Å². The van der Waals surface area contributed by atoms with Crippen molar-refractivity contribution >= 4 is 5.97 Å². The lowest BCUT2D eigenvalue weighted by Gasteiger charge is -2.37. The van der Waals surface area contributed by atoms with Crippen LogP contribution in [0, 0.1) is 18.8 Å². The van der Waals surface area contributed by atoms with Crippen LogP contribution in [0.4, 0.5) is 0 Å². The van der Waals surface area contributed by atoms with Crippen LogP contribution in [-0.2, 0) is 9.53 Å². The van der Waals surface area contributed by atoms with Crippen LogP contribution in [0.2, 0.25) is 0 Å². The van der Waals surface area contributed by atoms with Crippen LogP contribution in [0.3, 0.4) is 0 Å². The largest absolute Gasteiger partial charge is 0.504 e. The number of carbonyl (C=O) groups is 1. The number of rotatable bonds is 2. The number of hydrogen-bond acceptors (Lipinski definition) is 7. The maximum absolute atomic E-state index is 12.6. The first-order valence-corrected chi connectivity index (χ1v) is 9.15. The molecule has 0 aromatic heterocycles. The number of ether oxygens (including phenoxy) is 4. The maximum Gasteiger partial charge on any atom is 0.310 e. The number of phenolic OH excluding ortho intramolecular Hbond substituents is 1. The smallest absolute Gasteiger partial charge is 0.310 e. The van der Waals surface area contributed by atoms with Crippen molar-refractivity contribution in [1.82, 2.24) is 0 Å². The standard InChI is InChI=1S/C21H20O7/c1-9-3-10(4-16(25-2)19(9)22)17-11-5-14-15(28-8-27-14)6-12(11)20(23)13-7-26-21(24)18(13)17/h3-6,13,17-18,20,22-23H,7-8H2,1-2H3/t13-,17?,18-,20+/m0/s1. The molecule has 0 spiro atoms. The fourth-order valence-electron chi connectivity index (χ4n) is 4.64. The van der Waals surface area contributed by atoms with Crippen molar-refractivity contribution in [2.45, 2.75) is 18.9 Å². The van der Waals surface area contributed by atoms with E-state index in [-0.39, 0.29) is 37.0 Å². The summed E-state index contributed by atoms with van der Waals surface area (Å²) in [5, 5.41) is 21.2. The highest BCUT2D eigenvalue weighted by atomic mass is 16.7. The molecule has 4 atom stereocenters. The number of aromatic hydroxyl groups is 1. The molecule has 2 N–H and O–H groups in total. The van der Waals surface area contributed by atoms with Gasteiger partial charge < -0.3 is 29.2 Å². The lowest BCUT2D eigenvalue weighted by Crippen LogP contribution is -2.34. The van der Waals surface area contributed by atoms with Crippen LogP contribution in [-0.4, -0.2) is 36.7 Å². The molecule has 2 aliphatic heterocycles. The summed E-state index contributed by atoms with van der Waals surface area (Å²) in [4.78, 5) is 12.6. The molecule has 7 heteroatoms. The summed E-state index contributed by atoms with van der Waals surface area (Å²) in [6.07, 6.45) is -0.836. The SMILES string of the molecule is COc1cc(C2c3cc4c(cc3[C@@H](O)[C@H]3COC(=O)[C@H]23)OCO4)cc(C)c1O. The van der Waals surface area contributed by atoms with E-state index in [9.17, 15) is 15.0 Å². The van der Waals surface area contributed by atoms with Crippen LogP contribution in [0.15, 0.2) is 24.3 Å². The third-order valence-electron chi connectivity index (χ3n) is 6.01. The van der Waals surface area contributed by atoms with Crippen molar-refractivity contribution in [3.63, 3.8) is 0 Å². The van der Waals surface area contributed by atoms with Crippen molar-refractivity contribution in [1.29, 1.82) is 0 Å². The molecule has 2 heterocycles. The van der Waals surface area contributed by atoms with Gasteiger partial charge in [0, 0.05) is 11.8 Å². The van der Waals surface area contributed by atoms with Crippen molar-refractivity contribution < 1.29 is 34.0 Å². The van der Waals surface area contributed by atoms with E-state index in [0.717, 1.165) is 11.1 Å². The minimum absolute atomic E-state index is 0.0681. The molecule has 1 saturated heterocycles. The van der Waals surface area contributed by atoms with Gasteiger partial charge in [-0.2, -0.15) is 0 Å². The van der Waals surface area contributed by atoms with Gasteiger partial charge in [-0.05, 0) is 47.4 Å². The molecule has 3 aliphatic rings. The molecular formula is C21H20O7. The minimum atomic E-state index is -0.836. The monoisotopic (exact) mass is 384 g/mol. The summed E-state index contributed by atoms with van der Waals surface area (Å²) < 4.78 is 21.6. The number of aliphatic hydroxyl groups excluding tert-OH is 1. The van der Waals surface area contributed by atoms with Crippen LogP contribution in [0.25, 0.3) is 0 Å². The number of carbonyl (C=O) groups excluding carboxylic acids is 1. The van der Waals surface area contributed by atoms with E-state index in [1.165, 1.54) is 7.11 Å². The van der Waals surface area contributed by atoms with Gasteiger partial charge in [-0.25, -0.2) is 0 Å². The molecule has 2 aromatic rings. The molecule has 1 unspecified atom stereocenters. The summed E-state index contributed by atoms with van der Waals surface area (Å²) in [6, 6.07) is 7.21.